The van der Waals surface area contributed by atoms with Crippen LogP contribution in [0.3, 0.4) is 0 Å². The number of ether oxygens (including phenoxy) is 1. The Morgan fingerprint density at radius 3 is 2.91 bits per heavy atom. The van der Waals surface area contributed by atoms with Crippen molar-refractivity contribution in [2.45, 2.75) is 19.8 Å². The molecule has 1 aromatic heterocycles. The average Bonchev–Trinajstić information content (AvgIpc) is 2.99. The minimum absolute atomic E-state index is 0.141. The first-order valence-corrected chi connectivity index (χ1v) is 7.44. The summed E-state index contributed by atoms with van der Waals surface area (Å²) in [6.45, 7) is 2.84. The van der Waals surface area contributed by atoms with Crippen LogP contribution >= 0.6 is 0 Å². The summed E-state index contributed by atoms with van der Waals surface area (Å²) < 4.78 is 5.66. The fraction of sp³-hybridized carbons (Fsp3) is 0.222. The average molecular weight is 292 g/mol. The molecule has 4 nitrogen and oxygen atoms in total. The van der Waals surface area contributed by atoms with E-state index in [9.17, 15) is 4.79 Å². The second-order valence-electron chi connectivity index (χ2n) is 5.72. The smallest absolute Gasteiger partial charge is 0.272 e. The molecular weight excluding hydrogens is 276 g/mol. The van der Waals surface area contributed by atoms with Crippen LogP contribution in [0.4, 0.5) is 0 Å². The van der Waals surface area contributed by atoms with Gasteiger partial charge in [0, 0.05) is 18.2 Å². The number of fused-ring (bicyclic) bond motifs is 2. The lowest BCUT2D eigenvalue weighted by Crippen LogP contribution is -2.11. The molecule has 110 valence electrons. The molecule has 0 atom stereocenters. The van der Waals surface area contributed by atoms with E-state index in [1.54, 1.807) is 0 Å². The highest BCUT2D eigenvalue weighted by Crippen LogP contribution is 2.31. The molecule has 1 aliphatic rings. The van der Waals surface area contributed by atoms with Gasteiger partial charge in [0.1, 0.15) is 5.75 Å². The SMILES string of the molecule is Cc1cc(Cc2n[nH]c(=O)c3ccccc23)cc2c1OCC2. The highest BCUT2D eigenvalue weighted by Gasteiger charge is 2.16. The van der Waals surface area contributed by atoms with Crippen molar-refractivity contribution >= 4 is 10.8 Å². The molecule has 2 heterocycles. The molecule has 0 radical (unpaired) electrons. The molecule has 2 aromatic carbocycles. The standard InChI is InChI=1S/C18H16N2O2/c1-11-8-12(9-13-6-7-22-17(11)13)10-16-14-4-2-3-5-15(14)18(21)20-19-16/h2-5,8-9H,6-7,10H2,1H3,(H,20,21). The Bertz CT molecular complexity index is 928. The molecule has 0 bridgehead atoms. The molecule has 0 amide bonds. The van der Waals surface area contributed by atoms with Crippen LogP contribution in [-0.2, 0) is 12.8 Å². The molecule has 4 rings (SSSR count). The van der Waals surface area contributed by atoms with E-state index in [0.717, 1.165) is 29.9 Å². The van der Waals surface area contributed by atoms with Gasteiger partial charge in [-0.25, -0.2) is 5.10 Å². The van der Waals surface area contributed by atoms with E-state index in [4.69, 9.17) is 4.74 Å². The van der Waals surface area contributed by atoms with Crippen LogP contribution in [0.15, 0.2) is 41.2 Å². The number of benzene rings is 2. The van der Waals surface area contributed by atoms with Gasteiger partial charge in [-0.05, 0) is 29.7 Å². The molecule has 0 saturated heterocycles. The Morgan fingerprint density at radius 1 is 1.23 bits per heavy atom. The minimum atomic E-state index is -0.141. The Morgan fingerprint density at radius 2 is 2.05 bits per heavy atom. The van der Waals surface area contributed by atoms with Gasteiger partial charge >= 0.3 is 0 Å². The summed E-state index contributed by atoms with van der Waals surface area (Å²) in [5.41, 5.74) is 4.39. The zero-order valence-corrected chi connectivity index (χ0v) is 12.3. The summed E-state index contributed by atoms with van der Waals surface area (Å²) in [5.74, 6) is 1.03. The summed E-state index contributed by atoms with van der Waals surface area (Å²) in [6, 6.07) is 11.9. The van der Waals surface area contributed by atoms with Crippen LogP contribution in [0.5, 0.6) is 5.75 Å². The third-order valence-corrected chi connectivity index (χ3v) is 4.18. The second kappa shape index (κ2) is 4.98. The van der Waals surface area contributed by atoms with Crippen molar-refractivity contribution in [1.29, 1.82) is 0 Å². The highest BCUT2D eigenvalue weighted by molar-refractivity contribution is 5.83. The van der Waals surface area contributed by atoms with Gasteiger partial charge in [-0.1, -0.05) is 30.3 Å². The van der Waals surface area contributed by atoms with Gasteiger partial charge in [-0.15, -0.1) is 0 Å². The fourth-order valence-corrected chi connectivity index (χ4v) is 3.18. The molecular formula is C18H16N2O2. The zero-order chi connectivity index (χ0) is 15.1. The van der Waals surface area contributed by atoms with Gasteiger partial charge in [0.2, 0.25) is 0 Å². The molecule has 4 heteroatoms. The lowest BCUT2D eigenvalue weighted by atomic mass is 9.99. The van der Waals surface area contributed by atoms with Crippen LogP contribution < -0.4 is 10.3 Å². The van der Waals surface area contributed by atoms with Crippen LogP contribution in [0.1, 0.15) is 22.4 Å². The van der Waals surface area contributed by atoms with Crippen molar-refractivity contribution in [2.75, 3.05) is 6.61 Å². The maximum atomic E-state index is 11.9. The summed E-state index contributed by atoms with van der Waals surface area (Å²) in [4.78, 5) is 11.9. The van der Waals surface area contributed by atoms with Gasteiger partial charge in [-0.3, -0.25) is 4.79 Å². The van der Waals surface area contributed by atoms with Crippen molar-refractivity contribution in [3.05, 3.63) is 69.1 Å². The fourth-order valence-electron chi connectivity index (χ4n) is 3.18. The molecule has 0 spiro atoms. The first-order chi connectivity index (χ1) is 10.7. The zero-order valence-electron chi connectivity index (χ0n) is 12.3. The largest absolute Gasteiger partial charge is 0.493 e. The molecule has 1 N–H and O–H groups in total. The van der Waals surface area contributed by atoms with Crippen molar-refractivity contribution < 1.29 is 4.74 Å². The van der Waals surface area contributed by atoms with Gasteiger partial charge in [0.15, 0.2) is 0 Å². The number of nitrogens with zero attached hydrogens (tertiary/aromatic N) is 1. The number of aromatic nitrogens is 2. The summed E-state index contributed by atoms with van der Waals surface area (Å²) >= 11 is 0. The molecule has 0 saturated carbocycles. The highest BCUT2D eigenvalue weighted by atomic mass is 16.5. The molecule has 3 aromatic rings. The van der Waals surface area contributed by atoms with E-state index in [0.29, 0.717) is 11.8 Å². The van der Waals surface area contributed by atoms with Crippen molar-refractivity contribution in [1.82, 2.24) is 10.2 Å². The second-order valence-corrected chi connectivity index (χ2v) is 5.72. The van der Waals surface area contributed by atoms with Crippen molar-refractivity contribution in [3.8, 4) is 5.75 Å². The number of H-pyrrole nitrogens is 1. The van der Waals surface area contributed by atoms with Crippen molar-refractivity contribution in [2.24, 2.45) is 0 Å². The maximum absolute atomic E-state index is 11.9. The van der Waals surface area contributed by atoms with Crippen LogP contribution in [0, 0.1) is 6.92 Å². The van der Waals surface area contributed by atoms with Crippen LogP contribution in [0.25, 0.3) is 10.8 Å². The predicted molar refractivity (Wildman–Crippen MR) is 85.5 cm³/mol. The maximum Gasteiger partial charge on any atom is 0.272 e. The van der Waals surface area contributed by atoms with E-state index in [1.807, 2.05) is 24.3 Å². The third kappa shape index (κ3) is 2.08. The Labute approximate surface area is 127 Å². The van der Waals surface area contributed by atoms with Crippen LogP contribution in [0.2, 0.25) is 0 Å². The topological polar surface area (TPSA) is 55.0 Å². The summed E-state index contributed by atoms with van der Waals surface area (Å²) in [6.07, 6.45) is 1.66. The third-order valence-electron chi connectivity index (χ3n) is 4.18. The van der Waals surface area contributed by atoms with E-state index in [1.165, 1.54) is 16.7 Å². The summed E-state index contributed by atoms with van der Waals surface area (Å²) in [5, 5.41) is 8.46. The van der Waals surface area contributed by atoms with E-state index < -0.39 is 0 Å². The normalized spacial score (nSPS) is 13.1. The van der Waals surface area contributed by atoms with Gasteiger partial charge in [0.25, 0.3) is 5.56 Å². The molecule has 0 unspecified atom stereocenters. The predicted octanol–water partition coefficient (Wildman–Crippen LogP) is 2.76. The lowest BCUT2D eigenvalue weighted by molar-refractivity contribution is 0.354. The number of aromatic amines is 1. The van der Waals surface area contributed by atoms with E-state index >= 15 is 0 Å². The van der Waals surface area contributed by atoms with Crippen molar-refractivity contribution in [3.63, 3.8) is 0 Å². The molecule has 0 fully saturated rings. The first kappa shape index (κ1) is 13.1. The number of aryl methyl sites for hydroxylation is 1. The quantitative estimate of drug-likeness (QED) is 0.790. The first-order valence-electron chi connectivity index (χ1n) is 7.44. The molecule has 0 aliphatic carbocycles. The van der Waals surface area contributed by atoms with Gasteiger partial charge in [-0.2, -0.15) is 5.10 Å². The molecule has 1 aliphatic heterocycles. The number of hydrogen-bond acceptors (Lipinski definition) is 3. The lowest BCUT2D eigenvalue weighted by Gasteiger charge is -2.09. The van der Waals surface area contributed by atoms with Crippen LogP contribution in [-0.4, -0.2) is 16.8 Å². The van der Waals surface area contributed by atoms with Gasteiger partial charge in [0.05, 0.1) is 17.7 Å². The number of nitrogens with one attached hydrogen (secondary N) is 1. The minimum Gasteiger partial charge on any atom is -0.493 e. The Hall–Kier alpha value is -2.62. The molecule has 22 heavy (non-hydrogen) atoms. The Kier molecular flexibility index (Phi) is 2.96. The number of rotatable bonds is 2. The Balaban J connectivity index is 1.80. The van der Waals surface area contributed by atoms with E-state index in [-0.39, 0.29) is 5.56 Å². The number of hydrogen-bond donors (Lipinski definition) is 1. The summed E-state index contributed by atoms with van der Waals surface area (Å²) in [7, 11) is 0. The monoisotopic (exact) mass is 292 g/mol. The van der Waals surface area contributed by atoms with Gasteiger partial charge < -0.3 is 4.74 Å². The van der Waals surface area contributed by atoms with E-state index in [2.05, 4.69) is 29.3 Å².